The number of hydrogen-bond donors (Lipinski definition) is 1. The lowest BCUT2D eigenvalue weighted by Gasteiger charge is -2.28. The number of ether oxygens (including phenoxy) is 2. The molecule has 1 amide bonds. The van der Waals surface area contributed by atoms with Crippen molar-refractivity contribution in [2.45, 2.75) is 51.7 Å². The number of carbonyl (C=O) groups is 1. The average Bonchev–Trinajstić information content (AvgIpc) is 3.33. The van der Waals surface area contributed by atoms with E-state index in [-0.39, 0.29) is 17.6 Å². The van der Waals surface area contributed by atoms with Crippen LogP contribution in [0.3, 0.4) is 0 Å². The second-order valence-electron chi connectivity index (χ2n) is 11.1. The maximum atomic E-state index is 13.2. The third-order valence-corrected chi connectivity index (χ3v) is 7.11. The first kappa shape index (κ1) is 23.3. The number of benzene rings is 2. The molecule has 190 valence electrons. The quantitative estimate of drug-likeness (QED) is 0.359. The Morgan fingerprint density at radius 2 is 1.76 bits per heavy atom. The van der Waals surface area contributed by atoms with Crippen LogP contribution in [-0.2, 0) is 4.74 Å². The first-order chi connectivity index (χ1) is 17.7. The summed E-state index contributed by atoms with van der Waals surface area (Å²) in [6.45, 7) is 6.36. The number of carbonyl (C=O) groups excluding carboxylic acids is 1. The number of anilines is 1. The van der Waals surface area contributed by atoms with Crippen molar-refractivity contribution in [3.8, 4) is 22.8 Å². The fraction of sp³-hybridized carbons (Fsp3) is 0.345. The average molecular weight is 498 g/mol. The molecule has 0 bridgehead atoms. The van der Waals surface area contributed by atoms with Gasteiger partial charge in [0.25, 0.3) is 0 Å². The van der Waals surface area contributed by atoms with Crippen LogP contribution < -0.4 is 10.5 Å². The summed E-state index contributed by atoms with van der Waals surface area (Å²) in [4.78, 5) is 24.5. The summed E-state index contributed by atoms with van der Waals surface area (Å²) >= 11 is 0. The van der Waals surface area contributed by atoms with Crippen molar-refractivity contribution in [3.05, 3.63) is 72.8 Å². The highest BCUT2D eigenvalue weighted by Crippen LogP contribution is 2.58. The molecular weight excluding hydrogens is 466 g/mol. The van der Waals surface area contributed by atoms with Gasteiger partial charge >= 0.3 is 6.09 Å². The Balaban J connectivity index is 1.38. The molecule has 1 spiro atoms. The number of nitrogen functional groups attached to an aromatic ring is 1. The predicted molar refractivity (Wildman–Crippen MR) is 141 cm³/mol. The van der Waals surface area contributed by atoms with Crippen LogP contribution in [0.4, 0.5) is 10.6 Å². The molecule has 1 aliphatic carbocycles. The van der Waals surface area contributed by atoms with Crippen LogP contribution in [0.15, 0.2) is 67.0 Å². The molecule has 8 heteroatoms. The summed E-state index contributed by atoms with van der Waals surface area (Å²) in [5.41, 5.74) is 8.32. The molecule has 2 aromatic carbocycles. The number of fused-ring (bicyclic) bond motifs is 1. The van der Waals surface area contributed by atoms with E-state index in [1.54, 1.807) is 6.20 Å². The second kappa shape index (κ2) is 8.50. The van der Waals surface area contributed by atoms with Gasteiger partial charge in [-0.1, -0.05) is 18.2 Å². The van der Waals surface area contributed by atoms with Gasteiger partial charge in [0.05, 0.1) is 6.04 Å². The van der Waals surface area contributed by atoms with Crippen molar-refractivity contribution < 1.29 is 14.3 Å². The summed E-state index contributed by atoms with van der Waals surface area (Å²) in [5, 5.41) is 0. The Hall–Kier alpha value is -4.07. The van der Waals surface area contributed by atoms with Crippen LogP contribution in [0.5, 0.6) is 11.5 Å². The molecular formula is C29H31N5O3. The third-order valence-electron chi connectivity index (χ3n) is 7.11. The van der Waals surface area contributed by atoms with Crippen LogP contribution in [0.25, 0.3) is 16.8 Å². The van der Waals surface area contributed by atoms with Gasteiger partial charge in [-0.2, -0.15) is 0 Å². The predicted octanol–water partition coefficient (Wildman–Crippen LogP) is 6.23. The molecule has 37 heavy (non-hydrogen) atoms. The van der Waals surface area contributed by atoms with Gasteiger partial charge < -0.3 is 15.2 Å². The van der Waals surface area contributed by atoms with E-state index in [9.17, 15) is 4.79 Å². The van der Waals surface area contributed by atoms with Crippen LogP contribution in [0.2, 0.25) is 0 Å². The lowest BCUT2D eigenvalue weighted by molar-refractivity contribution is 0.0211. The molecule has 2 N–H and O–H groups in total. The smallest absolute Gasteiger partial charge is 0.410 e. The summed E-state index contributed by atoms with van der Waals surface area (Å²) < 4.78 is 13.7. The standard InChI is InChI=1S/C29H31N5O3/c1-28(2,3)37-27(35)34-18-29(13-14-29)17-22(34)26-32-23(24-25(30)31-15-16-33(24)26)19-9-11-21(12-10-19)36-20-7-5-4-6-8-20/h4-12,15-16,22H,13-14,17-18H2,1-3H3,(H2,30,31). The van der Waals surface area contributed by atoms with Crippen LogP contribution >= 0.6 is 0 Å². The number of para-hydroxylation sites is 1. The van der Waals surface area contributed by atoms with E-state index in [1.807, 2.05) is 90.9 Å². The molecule has 8 nitrogen and oxygen atoms in total. The van der Waals surface area contributed by atoms with Gasteiger partial charge in [0.1, 0.15) is 40.0 Å². The van der Waals surface area contributed by atoms with Crippen molar-refractivity contribution in [2.24, 2.45) is 5.41 Å². The molecule has 3 heterocycles. The van der Waals surface area contributed by atoms with E-state index in [2.05, 4.69) is 4.98 Å². The Labute approximate surface area is 216 Å². The monoisotopic (exact) mass is 497 g/mol. The van der Waals surface area contributed by atoms with E-state index >= 15 is 0 Å². The number of aromatic nitrogens is 3. The summed E-state index contributed by atoms with van der Waals surface area (Å²) in [6.07, 6.45) is 6.33. The van der Waals surface area contributed by atoms with E-state index in [1.165, 1.54) is 0 Å². The third kappa shape index (κ3) is 4.48. The lowest BCUT2D eigenvalue weighted by Crippen LogP contribution is -2.37. The van der Waals surface area contributed by atoms with Crippen LogP contribution in [0.1, 0.15) is 51.9 Å². The number of hydrogen-bond acceptors (Lipinski definition) is 6. The molecule has 6 rings (SSSR count). The van der Waals surface area contributed by atoms with E-state index in [0.29, 0.717) is 12.4 Å². The van der Waals surface area contributed by atoms with Crippen LogP contribution in [-0.4, -0.2) is 37.5 Å². The molecule has 2 fully saturated rings. The minimum absolute atomic E-state index is 0.155. The maximum absolute atomic E-state index is 13.2. The van der Waals surface area contributed by atoms with Crippen LogP contribution in [0, 0.1) is 5.41 Å². The Bertz CT molecular complexity index is 1450. The molecule has 2 aliphatic rings. The number of amides is 1. The molecule has 1 atom stereocenters. The molecule has 2 aromatic heterocycles. The van der Waals surface area contributed by atoms with E-state index in [4.69, 9.17) is 20.2 Å². The van der Waals surface area contributed by atoms with Gasteiger partial charge in [0.2, 0.25) is 0 Å². The summed E-state index contributed by atoms with van der Waals surface area (Å²) in [7, 11) is 0. The topological polar surface area (TPSA) is 95.0 Å². The highest BCUT2D eigenvalue weighted by molar-refractivity contribution is 5.85. The van der Waals surface area contributed by atoms with E-state index in [0.717, 1.165) is 53.4 Å². The highest BCUT2D eigenvalue weighted by atomic mass is 16.6. The Morgan fingerprint density at radius 1 is 1.05 bits per heavy atom. The van der Waals surface area contributed by atoms with Crippen molar-refractivity contribution in [2.75, 3.05) is 12.3 Å². The number of imidazole rings is 1. The maximum Gasteiger partial charge on any atom is 0.410 e. The van der Waals surface area contributed by atoms with Crippen molar-refractivity contribution in [1.82, 2.24) is 19.3 Å². The fourth-order valence-corrected chi connectivity index (χ4v) is 5.17. The first-order valence-corrected chi connectivity index (χ1v) is 12.7. The van der Waals surface area contributed by atoms with E-state index < -0.39 is 5.60 Å². The van der Waals surface area contributed by atoms with Crippen molar-refractivity contribution in [1.29, 1.82) is 0 Å². The number of nitrogens with two attached hydrogens (primary N) is 1. The van der Waals surface area contributed by atoms with Gasteiger partial charge in [-0.25, -0.2) is 14.8 Å². The first-order valence-electron chi connectivity index (χ1n) is 12.7. The van der Waals surface area contributed by atoms with Gasteiger partial charge in [-0.3, -0.25) is 9.30 Å². The number of nitrogens with zero attached hydrogens (tertiary/aromatic N) is 4. The zero-order valence-electron chi connectivity index (χ0n) is 21.3. The van der Waals surface area contributed by atoms with Crippen molar-refractivity contribution in [3.63, 3.8) is 0 Å². The van der Waals surface area contributed by atoms with Gasteiger partial charge in [-0.15, -0.1) is 0 Å². The molecule has 4 aromatic rings. The molecule has 1 saturated heterocycles. The largest absolute Gasteiger partial charge is 0.457 e. The summed E-state index contributed by atoms with van der Waals surface area (Å²) in [5.74, 6) is 2.67. The Kier molecular flexibility index (Phi) is 5.36. The SMILES string of the molecule is CC(C)(C)OC(=O)N1CC2(CC2)CC1c1nc(-c2ccc(Oc3ccccc3)cc2)c2c(N)nccn12. The van der Waals surface area contributed by atoms with Gasteiger partial charge in [0, 0.05) is 24.5 Å². The zero-order valence-corrected chi connectivity index (χ0v) is 21.3. The normalized spacial score (nSPS) is 18.4. The zero-order chi connectivity index (χ0) is 25.8. The minimum atomic E-state index is -0.571. The molecule has 0 radical (unpaired) electrons. The Morgan fingerprint density at radius 3 is 2.43 bits per heavy atom. The summed E-state index contributed by atoms with van der Waals surface area (Å²) in [6, 6.07) is 17.2. The van der Waals surface area contributed by atoms with Crippen molar-refractivity contribution >= 4 is 17.4 Å². The lowest BCUT2D eigenvalue weighted by atomic mass is 10.0. The second-order valence-corrected chi connectivity index (χ2v) is 11.1. The number of likely N-dealkylation sites (tertiary alicyclic amines) is 1. The number of rotatable bonds is 4. The fourth-order valence-electron chi connectivity index (χ4n) is 5.17. The van der Waals surface area contributed by atoms with Gasteiger partial charge in [0.15, 0.2) is 0 Å². The highest BCUT2D eigenvalue weighted by Gasteiger charge is 2.55. The molecule has 1 saturated carbocycles. The molecule has 1 aliphatic heterocycles. The van der Waals surface area contributed by atoms with Gasteiger partial charge in [-0.05, 0) is 81.8 Å². The minimum Gasteiger partial charge on any atom is -0.457 e. The molecule has 1 unspecified atom stereocenters.